The van der Waals surface area contributed by atoms with Crippen LogP contribution in [0.1, 0.15) is 34.3 Å². The van der Waals surface area contributed by atoms with Crippen LogP contribution in [-0.2, 0) is 4.79 Å². The average Bonchev–Trinajstić information content (AvgIpc) is 3.40. The van der Waals surface area contributed by atoms with Gasteiger partial charge in [-0.2, -0.15) is 0 Å². The van der Waals surface area contributed by atoms with Gasteiger partial charge in [-0.3, -0.25) is 9.59 Å². The van der Waals surface area contributed by atoms with Gasteiger partial charge in [0.15, 0.2) is 6.61 Å². The number of amides is 2. The highest BCUT2D eigenvalue weighted by Crippen LogP contribution is 2.20. The molecule has 0 saturated heterocycles. The molecule has 5 nitrogen and oxygen atoms in total. The summed E-state index contributed by atoms with van der Waals surface area (Å²) in [5.74, 6) is 0.400. The molecule has 1 aliphatic rings. The van der Waals surface area contributed by atoms with Gasteiger partial charge >= 0.3 is 0 Å². The Morgan fingerprint density at radius 1 is 1.08 bits per heavy atom. The van der Waals surface area contributed by atoms with Crippen LogP contribution in [0.5, 0.6) is 5.75 Å². The average molecular weight is 338 g/mol. The first-order valence-electron chi connectivity index (χ1n) is 8.42. The summed E-state index contributed by atoms with van der Waals surface area (Å²) < 4.78 is 5.59. The molecule has 2 N–H and O–H groups in total. The minimum absolute atomic E-state index is 0.0613. The number of carbonyl (C=O) groups is 2. The first kappa shape index (κ1) is 17.0. The van der Waals surface area contributed by atoms with Gasteiger partial charge in [0.2, 0.25) is 0 Å². The van der Waals surface area contributed by atoms with Crippen molar-refractivity contribution in [2.45, 2.75) is 32.7 Å². The minimum atomic E-state index is -0.240. The van der Waals surface area contributed by atoms with E-state index >= 15 is 0 Å². The number of hydrogen-bond donors (Lipinski definition) is 2. The number of hydrogen-bond acceptors (Lipinski definition) is 3. The van der Waals surface area contributed by atoms with E-state index in [-0.39, 0.29) is 18.4 Å². The molecular formula is C20H22N2O3. The number of benzene rings is 2. The summed E-state index contributed by atoms with van der Waals surface area (Å²) in [7, 11) is 0. The molecule has 1 saturated carbocycles. The van der Waals surface area contributed by atoms with Crippen molar-refractivity contribution >= 4 is 17.5 Å². The fraction of sp³-hybridized carbons (Fsp3) is 0.300. The van der Waals surface area contributed by atoms with Crippen LogP contribution in [0, 0.1) is 13.8 Å². The molecule has 25 heavy (non-hydrogen) atoms. The summed E-state index contributed by atoms with van der Waals surface area (Å²) in [5, 5.41) is 5.70. The van der Waals surface area contributed by atoms with Crippen molar-refractivity contribution in [3.8, 4) is 5.75 Å². The summed E-state index contributed by atoms with van der Waals surface area (Å²) in [6, 6.07) is 13.1. The fourth-order valence-electron chi connectivity index (χ4n) is 2.40. The van der Waals surface area contributed by atoms with Crippen LogP contribution in [0.3, 0.4) is 0 Å². The monoisotopic (exact) mass is 338 g/mol. The van der Waals surface area contributed by atoms with E-state index in [4.69, 9.17) is 4.74 Å². The zero-order valence-corrected chi connectivity index (χ0v) is 14.5. The third kappa shape index (κ3) is 4.83. The second kappa shape index (κ2) is 7.38. The molecule has 1 aliphatic carbocycles. The Kier molecular flexibility index (Phi) is 5.03. The summed E-state index contributed by atoms with van der Waals surface area (Å²) in [6.07, 6.45) is 2.11. The van der Waals surface area contributed by atoms with Gasteiger partial charge < -0.3 is 15.4 Å². The first-order chi connectivity index (χ1) is 12.0. The number of anilines is 1. The van der Waals surface area contributed by atoms with Gasteiger partial charge in [0.25, 0.3) is 11.8 Å². The number of ether oxygens (including phenoxy) is 1. The number of carbonyl (C=O) groups excluding carboxylic acids is 2. The van der Waals surface area contributed by atoms with Crippen molar-refractivity contribution in [1.82, 2.24) is 5.32 Å². The van der Waals surface area contributed by atoms with Gasteiger partial charge in [0.1, 0.15) is 5.75 Å². The first-order valence-corrected chi connectivity index (χ1v) is 8.42. The number of aryl methyl sites for hydroxylation is 2. The Hall–Kier alpha value is -2.82. The Bertz CT molecular complexity index is 780. The lowest BCUT2D eigenvalue weighted by Gasteiger charge is -2.10. The zero-order chi connectivity index (χ0) is 17.8. The molecule has 5 heteroatoms. The van der Waals surface area contributed by atoms with Crippen LogP contribution in [0.2, 0.25) is 0 Å². The van der Waals surface area contributed by atoms with Crippen LogP contribution in [0.25, 0.3) is 0 Å². The van der Waals surface area contributed by atoms with Crippen molar-refractivity contribution in [2.75, 3.05) is 11.9 Å². The molecule has 0 aliphatic heterocycles. The van der Waals surface area contributed by atoms with E-state index in [0.717, 1.165) is 24.0 Å². The fourth-order valence-corrected chi connectivity index (χ4v) is 2.40. The molecule has 0 spiro atoms. The molecule has 2 aromatic carbocycles. The van der Waals surface area contributed by atoms with Crippen LogP contribution >= 0.6 is 0 Å². The highest BCUT2D eigenvalue weighted by Gasteiger charge is 2.23. The van der Waals surface area contributed by atoms with E-state index in [1.54, 1.807) is 24.3 Å². The Labute approximate surface area is 147 Å². The van der Waals surface area contributed by atoms with Gasteiger partial charge in [-0.1, -0.05) is 12.1 Å². The van der Waals surface area contributed by atoms with Crippen molar-refractivity contribution in [3.63, 3.8) is 0 Å². The predicted octanol–water partition coefficient (Wildman–Crippen LogP) is 3.21. The van der Waals surface area contributed by atoms with Gasteiger partial charge in [0.05, 0.1) is 0 Å². The maximum absolute atomic E-state index is 12.0. The normalized spacial score (nSPS) is 13.2. The Balaban J connectivity index is 1.52. The topological polar surface area (TPSA) is 67.4 Å². The van der Waals surface area contributed by atoms with E-state index in [1.807, 2.05) is 32.0 Å². The quantitative estimate of drug-likeness (QED) is 0.850. The predicted molar refractivity (Wildman–Crippen MR) is 97.0 cm³/mol. The van der Waals surface area contributed by atoms with Crippen molar-refractivity contribution < 1.29 is 14.3 Å². The van der Waals surface area contributed by atoms with E-state index in [9.17, 15) is 9.59 Å². The van der Waals surface area contributed by atoms with Crippen molar-refractivity contribution in [3.05, 3.63) is 59.2 Å². The number of rotatable bonds is 6. The van der Waals surface area contributed by atoms with E-state index in [1.165, 1.54) is 0 Å². The van der Waals surface area contributed by atoms with Gasteiger partial charge in [-0.05, 0) is 68.1 Å². The minimum Gasteiger partial charge on any atom is -0.483 e. The number of nitrogens with one attached hydrogen (secondary N) is 2. The maximum Gasteiger partial charge on any atom is 0.262 e. The van der Waals surface area contributed by atoms with Crippen LogP contribution < -0.4 is 15.4 Å². The van der Waals surface area contributed by atoms with Crippen LogP contribution in [0.15, 0.2) is 42.5 Å². The standard InChI is InChI=1S/C20H22N2O3/c1-13-3-4-14(2)18(11-13)25-12-19(23)21-16-7-5-15(6-8-16)20(24)22-17-9-10-17/h3-8,11,17H,9-10,12H2,1-2H3,(H,21,23)(H,22,24). The molecule has 0 unspecified atom stereocenters. The van der Waals surface area contributed by atoms with E-state index in [2.05, 4.69) is 10.6 Å². The molecule has 0 bridgehead atoms. The zero-order valence-electron chi connectivity index (χ0n) is 14.5. The summed E-state index contributed by atoms with van der Waals surface area (Å²) in [4.78, 5) is 24.0. The van der Waals surface area contributed by atoms with Crippen LogP contribution in [0.4, 0.5) is 5.69 Å². The molecule has 0 aromatic heterocycles. The summed E-state index contributed by atoms with van der Waals surface area (Å²) in [5.41, 5.74) is 3.31. The molecule has 2 amide bonds. The van der Waals surface area contributed by atoms with Gasteiger partial charge in [-0.15, -0.1) is 0 Å². The lowest BCUT2D eigenvalue weighted by Crippen LogP contribution is -2.25. The third-order valence-corrected chi connectivity index (χ3v) is 4.05. The SMILES string of the molecule is Cc1ccc(C)c(OCC(=O)Nc2ccc(C(=O)NC3CC3)cc2)c1. The largest absolute Gasteiger partial charge is 0.483 e. The van der Waals surface area contributed by atoms with Crippen molar-refractivity contribution in [1.29, 1.82) is 0 Å². The van der Waals surface area contributed by atoms with Gasteiger partial charge in [-0.25, -0.2) is 0 Å². The second-order valence-electron chi connectivity index (χ2n) is 6.43. The molecule has 1 fully saturated rings. The van der Waals surface area contributed by atoms with Crippen LogP contribution in [-0.4, -0.2) is 24.5 Å². The Morgan fingerprint density at radius 2 is 1.80 bits per heavy atom. The highest BCUT2D eigenvalue weighted by atomic mass is 16.5. The van der Waals surface area contributed by atoms with Gasteiger partial charge in [0, 0.05) is 17.3 Å². The maximum atomic E-state index is 12.0. The third-order valence-electron chi connectivity index (χ3n) is 4.05. The van der Waals surface area contributed by atoms with E-state index in [0.29, 0.717) is 23.0 Å². The summed E-state index contributed by atoms with van der Waals surface area (Å²) in [6.45, 7) is 3.86. The molecule has 130 valence electrons. The molecule has 3 rings (SSSR count). The highest BCUT2D eigenvalue weighted by molar-refractivity contribution is 5.96. The summed E-state index contributed by atoms with van der Waals surface area (Å²) >= 11 is 0. The molecule has 0 radical (unpaired) electrons. The molecule has 2 aromatic rings. The lowest BCUT2D eigenvalue weighted by molar-refractivity contribution is -0.118. The van der Waals surface area contributed by atoms with E-state index < -0.39 is 0 Å². The molecule has 0 atom stereocenters. The lowest BCUT2D eigenvalue weighted by atomic mass is 10.1. The van der Waals surface area contributed by atoms with Crippen molar-refractivity contribution in [2.24, 2.45) is 0 Å². The Morgan fingerprint density at radius 3 is 2.48 bits per heavy atom. The second-order valence-corrected chi connectivity index (χ2v) is 6.43. The molecular weight excluding hydrogens is 316 g/mol. The smallest absolute Gasteiger partial charge is 0.262 e. The molecule has 0 heterocycles.